The lowest BCUT2D eigenvalue weighted by molar-refractivity contribution is -0.133. The number of likely N-dealkylation sites (tertiary alicyclic amines) is 1. The number of aromatic amines is 1. The Hall–Kier alpha value is -3.33. The predicted octanol–water partition coefficient (Wildman–Crippen LogP) is 5.36. The number of nitrogens with zero attached hydrogens (tertiary/aromatic N) is 3. The van der Waals surface area contributed by atoms with Gasteiger partial charge in [-0.15, -0.1) is 0 Å². The Kier molecular flexibility index (Phi) is 6.65. The molecule has 9 heteroatoms. The van der Waals surface area contributed by atoms with E-state index in [2.05, 4.69) is 9.88 Å². The number of benzene rings is 1. The van der Waals surface area contributed by atoms with E-state index in [9.17, 15) is 19.1 Å². The lowest BCUT2D eigenvalue weighted by Gasteiger charge is -2.43. The molecule has 4 heterocycles. The summed E-state index contributed by atoms with van der Waals surface area (Å²) in [5.41, 5.74) is 1.87. The third kappa shape index (κ3) is 4.31. The Morgan fingerprint density at radius 1 is 1.15 bits per heavy atom. The number of carbonyl (C=O) groups excluding carboxylic acids is 2. The van der Waals surface area contributed by atoms with Crippen LogP contribution in [0.1, 0.15) is 69.2 Å². The highest BCUT2D eigenvalue weighted by atomic mass is 19.1. The van der Waals surface area contributed by atoms with Crippen LogP contribution >= 0.6 is 0 Å². The molecule has 6 rings (SSSR count). The monoisotopic (exact) mass is 536 g/mol. The van der Waals surface area contributed by atoms with Crippen molar-refractivity contribution in [1.29, 1.82) is 0 Å². The highest BCUT2D eigenvalue weighted by Gasteiger charge is 2.60. The molecular formula is C30H37FN4O4. The van der Waals surface area contributed by atoms with Gasteiger partial charge in [-0.3, -0.25) is 14.6 Å². The summed E-state index contributed by atoms with van der Waals surface area (Å²) >= 11 is 0. The van der Waals surface area contributed by atoms with Crippen LogP contribution in [-0.2, 0) is 11.2 Å². The number of nitrogens with one attached hydrogen (secondary N) is 1. The molecule has 1 aromatic heterocycles. The molecule has 208 valence electrons. The van der Waals surface area contributed by atoms with E-state index in [1.165, 1.54) is 43.8 Å². The maximum atomic E-state index is 14.6. The molecule has 2 N–H and O–H groups in total. The van der Waals surface area contributed by atoms with Crippen LogP contribution in [0, 0.1) is 5.82 Å². The van der Waals surface area contributed by atoms with Crippen LogP contribution in [0.3, 0.4) is 0 Å². The van der Waals surface area contributed by atoms with Gasteiger partial charge in [0.15, 0.2) is 11.6 Å². The van der Waals surface area contributed by atoms with Crippen molar-refractivity contribution in [2.75, 3.05) is 33.3 Å². The zero-order valence-corrected chi connectivity index (χ0v) is 22.8. The number of H-pyrrole nitrogens is 1. The molecule has 1 aliphatic carbocycles. The van der Waals surface area contributed by atoms with Gasteiger partial charge in [0.1, 0.15) is 11.6 Å². The number of aliphatic hydroxyl groups excluding tert-OH is 1. The van der Waals surface area contributed by atoms with Crippen LogP contribution in [-0.4, -0.2) is 75.6 Å². The number of rotatable bonds is 6. The number of ether oxygens (including phenoxy) is 1. The van der Waals surface area contributed by atoms with Crippen molar-refractivity contribution in [2.24, 2.45) is 0 Å². The van der Waals surface area contributed by atoms with E-state index in [-0.39, 0.29) is 23.4 Å². The van der Waals surface area contributed by atoms with E-state index >= 15 is 0 Å². The number of hydrogen-bond acceptors (Lipinski definition) is 5. The third-order valence-electron chi connectivity index (χ3n) is 8.92. The first-order chi connectivity index (χ1) is 18.8. The molecule has 39 heavy (non-hydrogen) atoms. The van der Waals surface area contributed by atoms with Gasteiger partial charge >= 0.3 is 6.03 Å². The number of fused-ring (bicyclic) bond motifs is 4. The standard InChI is InChI=1S/C30H37FN4O4/c1-30-18-22-21-16-25(39-2)23(31)17-24(21)32-26(22)27(19-9-7-10-20(36)15-19)35(30)29(38)34(28(30)37)14-8-13-33-11-5-3-4-6-12-33/h9,15-17,27,32,36H,3-8,10-14,18H2,1-2H3/t27-,30+/m1/s1. The SMILES string of the molecule is COc1cc2c3c([nH]c2cc1F)[C@@H](C1=CCCC(O)=C1)N1C(=O)N(CCCN2CCCCCC2)C(=O)[C@]1(C)C3. The van der Waals surface area contributed by atoms with E-state index < -0.39 is 17.4 Å². The maximum absolute atomic E-state index is 14.6. The molecule has 2 aromatic rings. The normalized spacial score (nSPS) is 25.9. The number of allylic oxidation sites excluding steroid dienone is 2. The topological polar surface area (TPSA) is 89.1 Å². The zero-order valence-electron chi connectivity index (χ0n) is 22.8. The number of hydrogen-bond donors (Lipinski definition) is 2. The van der Waals surface area contributed by atoms with Crippen molar-refractivity contribution in [3.63, 3.8) is 0 Å². The summed E-state index contributed by atoms with van der Waals surface area (Å²) in [7, 11) is 1.43. The number of imide groups is 1. The smallest absolute Gasteiger partial charge is 0.328 e. The van der Waals surface area contributed by atoms with Gasteiger partial charge in [0.05, 0.1) is 12.9 Å². The third-order valence-corrected chi connectivity index (χ3v) is 8.92. The molecule has 2 atom stereocenters. The number of urea groups is 1. The molecular weight excluding hydrogens is 499 g/mol. The molecule has 2 saturated heterocycles. The van der Waals surface area contributed by atoms with Gasteiger partial charge in [-0.05, 0) is 75.5 Å². The summed E-state index contributed by atoms with van der Waals surface area (Å²) in [5.74, 6) is -0.305. The molecule has 0 bridgehead atoms. The Balaban J connectivity index is 1.37. The second kappa shape index (κ2) is 10.0. The summed E-state index contributed by atoms with van der Waals surface area (Å²) in [6, 6.07) is 2.16. The van der Waals surface area contributed by atoms with Gasteiger partial charge in [0.25, 0.3) is 5.91 Å². The predicted molar refractivity (Wildman–Crippen MR) is 146 cm³/mol. The Morgan fingerprint density at radius 2 is 1.92 bits per heavy atom. The van der Waals surface area contributed by atoms with E-state index in [1.807, 2.05) is 13.0 Å². The quantitative estimate of drug-likeness (QED) is 0.485. The van der Waals surface area contributed by atoms with Gasteiger partial charge in [0.2, 0.25) is 0 Å². The van der Waals surface area contributed by atoms with Crippen LogP contribution in [0.15, 0.2) is 35.6 Å². The Bertz CT molecular complexity index is 1370. The summed E-state index contributed by atoms with van der Waals surface area (Å²) < 4.78 is 19.9. The van der Waals surface area contributed by atoms with E-state index in [0.717, 1.165) is 48.3 Å². The average Bonchev–Trinajstić information content (AvgIpc) is 3.17. The molecule has 0 spiro atoms. The number of carbonyl (C=O) groups is 2. The number of methoxy groups -OCH3 is 1. The van der Waals surface area contributed by atoms with Gasteiger partial charge in [0, 0.05) is 42.0 Å². The molecule has 8 nitrogen and oxygen atoms in total. The maximum Gasteiger partial charge on any atom is 0.328 e. The number of aliphatic hydroxyl groups is 1. The second-order valence-corrected chi connectivity index (χ2v) is 11.5. The van der Waals surface area contributed by atoms with Crippen molar-refractivity contribution in [3.8, 4) is 5.75 Å². The van der Waals surface area contributed by atoms with Crippen LogP contribution < -0.4 is 4.74 Å². The summed E-state index contributed by atoms with van der Waals surface area (Å²) in [6.07, 6.45) is 10.9. The molecule has 3 amide bonds. The lowest BCUT2D eigenvalue weighted by atomic mass is 9.80. The number of amides is 3. The molecule has 2 fully saturated rings. The highest BCUT2D eigenvalue weighted by molar-refractivity contribution is 6.08. The molecule has 1 aromatic carbocycles. The first-order valence-electron chi connectivity index (χ1n) is 14.2. The van der Waals surface area contributed by atoms with Crippen molar-refractivity contribution in [2.45, 2.75) is 69.9 Å². The molecule has 0 radical (unpaired) electrons. The first-order valence-corrected chi connectivity index (χ1v) is 14.2. The molecule has 4 aliphatic rings. The minimum absolute atomic E-state index is 0.131. The van der Waals surface area contributed by atoms with Gasteiger partial charge in [-0.2, -0.15) is 0 Å². The Morgan fingerprint density at radius 3 is 2.64 bits per heavy atom. The number of aromatic nitrogens is 1. The summed E-state index contributed by atoms with van der Waals surface area (Å²) in [5, 5.41) is 11.2. The summed E-state index contributed by atoms with van der Waals surface area (Å²) in [6.45, 7) is 5.23. The van der Waals surface area contributed by atoms with E-state index in [4.69, 9.17) is 4.74 Å². The fourth-order valence-corrected chi connectivity index (χ4v) is 6.93. The highest BCUT2D eigenvalue weighted by Crippen LogP contribution is 2.50. The van der Waals surface area contributed by atoms with Crippen LogP contribution in [0.2, 0.25) is 0 Å². The van der Waals surface area contributed by atoms with Crippen molar-refractivity contribution in [3.05, 3.63) is 52.7 Å². The Labute approximate surface area is 228 Å². The first kappa shape index (κ1) is 25.9. The summed E-state index contributed by atoms with van der Waals surface area (Å²) in [4.78, 5) is 37.0. The molecule has 0 unspecified atom stereocenters. The second-order valence-electron chi connectivity index (χ2n) is 11.5. The fraction of sp³-hybridized carbons (Fsp3) is 0.533. The van der Waals surface area contributed by atoms with Crippen LogP contribution in [0.25, 0.3) is 10.9 Å². The van der Waals surface area contributed by atoms with Gasteiger partial charge in [-0.25, -0.2) is 9.18 Å². The zero-order chi connectivity index (χ0) is 27.3. The van der Waals surface area contributed by atoms with E-state index in [0.29, 0.717) is 31.3 Å². The van der Waals surface area contributed by atoms with Crippen molar-refractivity contribution in [1.82, 2.24) is 19.7 Å². The van der Waals surface area contributed by atoms with Crippen molar-refractivity contribution < 1.29 is 23.8 Å². The minimum atomic E-state index is -1.10. The van der Waals surface area contributed by atoms with Crippen LogP contribution in [0.5, 0.6) is 5.75 Å². The fourth-order valence-electron chi connectivity index (χ4n) is 6.93. The van der Waals surface area contributed by atoms with Crippen molar-refractivity contribution >= 4 is 22.8 Å². The van der Waals surface area contributed by atoms with Crippen LogP contribution in [0.4, 0.5) is 9.18 Å². The molecule has 3 aliphatic heterocycles. The van der Waals surface area contributed by atoms with Gasteiger partial charge < -0.3 is 19.7 Å². The molecule has 0 saturated carbocycles. The average molecular weight is 537 g/mol. The largest absolute Gasteiger partial charge is 0.512 e. The minimum Gasteiger partial charge on any atom is -0.512 e. The lowest BCUT2D eigenvalue weighted by Crippen LogP contribution is -2.53. The van der Waals surface area contributed by atoms with E-state index in [1.54, 1.807) is 17.0 Å². The van der Waals surface area contributed by atoms with Gasteiger partial charge in [-0.1, -0.05) is 18.9 Å². The number of halogens is 1.